The molecule has 0 radical (unpaired) electrons. The molecule has 0 aliphatic heterocycles. The molecule has 1 aromatic heterocycles. The number of methoxy groups -OCH3 is 1. The van der Waals surface area contributed by atoms with Crippen LogP contribution >= 0.6 is 11.3 Å². The van der Waals surface area contributed by atoms with E-state index in [1.807, 2.05) is 29.6 Å². The Labute approximate surface area is 120 Å². The molecule has 2 aromatic rings. The fraction of sp³-hybridized carbons (Fsp3) is 0.200. The smallest absolute Gasteiger partial charge is 0.303 e. The maximum Gasteiger partial charge on any atom is 0.303 e. The molecular weight excluding hydrogens is 276 g/mol. The van der Waals surface area contributed by atoms with Crippen molar-refractivity contribution >= 4 is 23.1 Å². The van der Waals surface area contributed by atoms with E-state index < -0.39 is 5.97 Å². The molecule has 0 saturated heterocycles. The molecule has 0 amide bonds. The average Bonchev–Trinajstić information content (AvgIpc) is 2.94. The normalized spacial score (nSPS) is 10.2. The number of hydrogen-bond acceptors (Lipinski definition) is 4. The quantitative estimate of drug-likeness (QED) is 0.827. The molecule has 5 heteroatoms. The summed E-state index contributed by atoms with van der Waals surface area (Å²) in [6, 6.07) is 9.37. The van der Waals surface area contributed by atoms with E-state index in [0.29, 0.717) is 4.88 Å². The number of Topliss-reactive ketones (excluding diaryl/α,β-unsaturated/α-hetero) is 1. The van der Waals surface area contributed by atoms with E-state index in [-0.39, 0.29) is 18.6 Å². The van der Waals surface area contributed by atoms with Gasteiger partial charge in [0.1, 0.15) is 5.75 Å². The maximum absolute atomic E-state index is 11.8. The van der Waals surface area contributed by atoms with Crippen LogP contribution in [0.15, 0.2) is 35.7 Å². The van der Waals surface area contributed by atoms with Crippen LogP contribution in [0.2, 0.25) is 0 Å². The molecule has 1 N–H and O–H groups in total. The molecule has 0 fully saturated rings. The predicted octanol–water partition coefficient (Wildman–Crippen LogP) is 3.47. The molecule has 0 aliphatic carbocycles. The topological polar surface area (TPSA) is 63.6 Å². The van der Waals surface area contributed by atoms with Gasteiger partial charge in [-0.1, -0.05) is 12.1 Å². The monoisotopic (exact) mass is 290 g/mol. The molecule has 0 bridgehead atoms. The van der Waals surface area contributed by atoms with Crippen LogP contribution in [-0.4, -0.2) is 24.0 Å². The molecule has 1 heterocycles. The Balaban J connectivity index is 2.15. The van der Waals surface area contributed by atoms with Crippen molar-refractivity contribution < 1.29 is 19.4 Å². The van der Waals surface area contributed by atoms with Gasteiger partial charge in [-0.3, -0.25) is 9.59 Å². The van der Waals surface area contributed by atoms with E-state index in [4.69, 9.17) is 9.84 Å². The number of aliphatic carboxylic acids is 1. The van der Waals surface area contributed by atoms with E-state index in [9.17, 15) is 9.59 Å². The Hall–Kier alpha value is -2.14. The summed E-state index contributed by atoms with van der Waals surface area (Å²) in [4.78, 5) is 22.9. The lowest BCUT2D eigenvalue weighted by Crippen LogP contribution is -2.01. The van der Waals surface area contributed by atoms with Gasteiger partial charge in [-0.05, 0) is 34.7 Å². The molecule has 0 unspecified atom stereocenters. The van der Waals surface area contributed by atoms with Crippen LogP contribution in [0, 0.1) is 0 Å². The van der Waals surface area contributed by atoms with Crippen LogP contribution in [0.5, 0.6) is 5.75 Å². The van der Waals surface area contributed by atoms with Gasteiger partial charge in [-0.25, -0.2) is 0 Å². The van der Waals surface area contributed by atoms with Crippen LogP contribution in [0.1, 0.15) is 22.5 Å². The van der Waals surface area contributed by atoms with E-state index in [1.165, 1.54) is 11.3 Å². The highest BCUT2D eigenvalue weighted by atomic mass is 32.1. The van der Waals surface area contributed by atoms with Gasteiger partial charge in [0.25, 0.3) is 0 Å². The number of benzene rings is 1. The standard InChI is InChI=1S/C15H14O4S/c1-19-12-4-2-3-10(7-12)11-8-14(20-9-11)13(16)5-6-15(17)18/h2-4,7-9H,5-6H2,1H3,(H,17,18). The fourth-order valence-electron chi connectivity index (χ4n) is 1.78. The summed E-state index contributed by atoms with van der Waals surface area (Å²) < 4.78 is 5.17. The summed E-state index contributed by atoms with van der Waals surface area (Å²) in [5, 5.41) is 10.5. The lowest BCUT2D eigenvalue weighted by molar-refractivity contribution is -0.136. The van der Waals surface area contributed by atoms with E-state index in [0.717, 1.165) is 16.9 Å². The molecule has 104 valence electrons. The van der Waals surface area contributed by atoms with E-state index >= 15 is 0 Å². The van der Waals surface area contributed by atoms with Crippen molar-refractivity contribution in [2.45, 2.75) is 12.8 Å². The van der Waals surface area contributed by atoms with Gasteiger partial charge >= 0.3 is 5.97 Å². The van der Waals surface area contributed by atoms with Crippen LogP contribution in [0.3, 0.4) is 0 Å². The summed E-state index contributed by atoms with van der Waals surface area (Å²) in [5.41, 5.74) is 1.91. The van der Waals surface area contributed by atoms with Gasteiger partial charge < -0.3 is 9.84 Å². The van der Waals surface area contributed by atoms with Crippen LogP contribution < -0.4 is 4.74 Å². The first kappa shape index (κ1) is 14.3. The minimum Gasteiger partial charge on any atom is -0.497 e. The maximum atomic E-state index is 11.8. The van der Waals surface area contributed by atoms with Crippen molar-refractivity contribution in [3.05, 3.63) is 40.6 Å². The van der Waals surface area contributed by atoms with Crippen molar-refractivity contribution in [3.8, 4) is 16.9 Å². The first-order valence-electron chi connectivity index (χ1n) is 6.08. The average molecular weight is 290 g/mol. The third kappa shape index (κ3) is 3.45. The molecule has 0 aliphatic rings. The van der Waals surface area contributed by atoms with Crippen molar-refractivity contribution in [3.63, 3.8) is 0 Å². The molecule has 1 aromatic carbocycles. The highest BCUT2D eigenvalue weighted by molar-refractivity contribution is 7.12. The minimum atomic E-state index is -0.956. The summed E-state index contributed by atoms with van der Waals surface area (Å²) in [5.74, 6) is -0.332. The van der Waals surface area contributed by atoms with Crippen LogP contribution in [0.25, 0.3) is 11.1 Å². The lowest BCUT2D eigenvalue weighted by Gasteiger charge is -2.02. The van der Waals surface area contributed by atoms with Gasteiger partial charge in [0.2, 0.25) is 0 Å². The molecular formula is C15H14O4S. The Morgan fingerprint density at radius 3 is 2.70 bits per heavy atom. The van der Waals surface area contributed by atoms with Crippen molar-refractivity contribution in [1.82, 2.24) is 0 Å². The van der Waals surface area contributed by atoms with Crippen LogP contribution in [-0.2, 0) is 4.79 Å². The van der Waals surface area contributed by atoms with Gasteiger partial charge in [0, 0.05) is 6.42 Å². The molecule has 2 rings (SSSR count). The number of ketones is 1. The van der Waals surface area contributed by atoms with Gasteiger partial charge in [-0.2, -0.15) is 0 Å². The summed E-state index contributed by atoms with van der Waals surface area (Å²) >= 11 is 1.33. The third-order valence-electron chi connectivity index (χ3n) is 2.84. The van der Waals surface area contributed by atoms with Crippen molar-refractivity contribution in [2.24, 2.45) is 0 Å². The fourth-order valence-corrected chi connectivity index (χ4v) is 2.67. The van der Waals surface area contributed by atoms with E-state index in [1.54, 1.807) is 13.2 Å². The number of carboxylic acids is 1. The SMILES string of the molecule is COc1cccc(-c2csc(C(=O)CCC(=O)O)c2)c1. The summed E-state index contributed by atoms with van der Waals surface area (Å²) in [6.45, 7) is 0. The molecule has 0 saturated carbocycles. The Morgan fingerprint density at radius 2 is 2.00 bits per heavy atom. The Kier molecular flexibility index (Phi) is 4.53. The number of thiophene rings is 1. The molecule has 0 spiro atoms. The van der Waals surface area contributed by atoms with E-state index in [2.05, 4.69) is 0 Å². The zero-order chi connectivity index (χ0) is 14.5. The first-order chi connectivity index (χ1) is 9.60. The largest absolute Gasteiger partial charge is 0.497 e. The van der Waals surface area contributed by atoms with Crippen LogP contribution in [0.4, 0.5) is 0 Å². The second-order valence-electron chi connectivity index (χ2n) is 4.25. The number of carbonyl (C=O) groups excluding carboxylic acids is 1. The second kappa shape index (κ2) is 6.34. The predicted molar refractivity (Wildman–Crippen MR) is 77.5 cm³/mol. The summed E-state index contributed by atoms with van der Waals surface area (Å²) in [6.07, 6.45) is -0.0986. The van der Waals surface area contributed by atoms with Crippen molar-refractivity contribution in [2.75, 3.05) is 7.11 Å². The van der Waals surface area contributed by atoms with Gasteiger partial charge in [-0.15, -0.1) is 11.3 Å². The molecule has 4 nitrogen and oxygen atoms in total. The third-order valence-corrected chi connectivity index (χ3v) is 3.81. The zero-order valence-electron chi connectivity index (χ0n) is 11.0. The lowest BCUT2D eigenvalue weighted by atomic mass is 10.1. The Morgan fingerprint density at radius 1 is 1.20 bits per heavy atom. The number of ether oxygens (including phenoxy) is 1. The minimum absolute atomic E-state index is 0.0351. The molecule has 0 atom stereocenters. The number of carboxylic acid groups (broad SMARTS) is 1. The highest BCUT2D eigenvalue weighted by Gasteiger charge is 2.12. The first-order valence-corrected chi connectivity index (χ1v) is 6.96. The van der Waals surface area contributed by atoms with Gasteiger partial charge in [0.05, 0.1) is 18.4 Å². The second-order valence-corrected chi connectivity index (χ2v) is 5.16. The van der Waals surface area contributed by atoms with Gasteiger partial charge in [0.15, 0.2) is 5.78 Å². The zero-order valence-corrected chi connectivity index (χ0v) is 11.8. The van der Waals surface area contributed by atoms with Crippen molar-refractivity contribution in [1.29, 1.82) is 0 Å². The highest BCUT2D eigenvalue weighted by Crippen LogP contribution is 2.28. The Bertz CT molecular complexity index is 630. The number of rotatable bonds is 6. The summed E-state index contributed by atoms with van der Waals surface area (Å²) in [7, 11) is 1.60. The number of carbonyl (C=O) groups is 2. The number of hydrogen-bond donors (Lipinski definition) is 1. The molecule has 20 heavy (non-hydrogen) atoms.